The van der Waals surface area contributed by atoms with Gasteiger partial charge in [0.05, 0.1) is 18.2 Å². The fraction of sp³-hybridized carbons (Fsp3) is 0.190. The van der Waals surface area contributed by atoms with E-state index in [9.17, 15) is 23.2 Å². The molecule has 0 unspecified atom stereocenters. The second-order valence-electron chi connectivity index (χ2n) is 5.89. The lowest BCUT2D eigenvalue weighted by Gasteiger charge is -2.09. The molecule has 2 aromatic rings. The Morgan fingerprint density at radius 3 is 2.59 bits per heavy atom. The maximum atomic E-state index is 12.8. The molecule has 0 radical (unpaired) electrons. The van der Waals surface area contributed by atoms with Crippen LogP contribution in [0.2, 0.25) is 0 Å². The van der Waals surface area contributed by atoms with E-state index in [1.54, 1.807) is 30.3 Å². The standard InChI is InChI=1S/C21H16F3N3O2/c22-21(23,24)17-6-4-7-18(13-17)27-20(28)16(14-26)11-15-5-3-8-19(12-15)29-10-2-1-9-25/h3-8,11-13H,1-2,10H2,(H,27,28)/b16-11-. The molecule has 0 aliphatic carbocycles. The van der Waals surface area contributed by atoms with Gasteiger partial charge in [0.2, 0.25) is 0 Å². The van der Waals surface area contributed by atoms with Crippen LogP contribution in [0, 0.1) is 22.7 Å². The van der Waals surface area contributed by atoms with Crippen molar-refractivity contribution in [1.82, 2.24) is 0 Å². The highest BCUT2D eigenvalue weighted by molar-refractivity contribution is 6.09. The van der Waals surface area contributed by atoms with Gasteiger partial charge in [0.1, 0.15) is 17.4 Å². The fourth-order valence-corrected chi connectivity index (χ4v) is 2.32. The topological polar surface area (TPSA) is 85.9 Å². The number of nitriles is 2. The Morgan fingerprint density at radius 1 is 1.14 bits per heavy atom. The summed E-state index contributed by atoms with van der Waals surface area (Å²) in [5.41, 5.74) is -0.734. The molecule has 8 heteroatoms. The molecule has 1 amide bonds. The molecule has 0 heterocycles. The first kappa shape index (κ1) is 21.5. The van der Waals surface area contributed by atoms with Crippen LogP contribution in [-0.4, -0.2) is 12.5 Å². The highest BCUT2D eigenvalue weighted by Gasteiger charge is 2.30. The lowest BCUT2D eigenvalue weighted by molar-refractivity contribution is -0.137. The van der Waals surface area contributed by atoms with Crippen molar-refractivity contribution in [3.63, 3.8) is 0 Å². The van der Waals surface area contributed by atoms with Gasteiger partial charge < -0.3 is 10.1 Å². The molecule has 0 atom stereocenters. The van der Waals surface area contributed by atoms with E-state index >= 15 is 0 Å². The molecule has 0 bridgehead atoms. The smallest absolute Gasteiger partial charge is 0.416 e. The van der Waals surface area contributed by atoms with E-state index in [-0.39, 0.29) is 11.3 Å². The Balaban J connectivity index is 2.13. The summed E-state index contributed by atoms with van der Waals surface area (Å²) in [7, 11) is 0. The zero-order valence-electron chi connectivity index (χ0n) is 15.2. The summed E-state index contributed by atoms with van der Waals surface area (Å²) in [5, 5.41) is 20.1. The van der Waals surface area contributed by atoms with E-state index in [0.717, 1.165) is 12.1 Å². The maximum absolute atomic E-state index is 12.8. The van der Waals surface area contributed by atoms with E-state index in [0.29, 0.717) is 30.8 Å². The number of anilines is 1. The number of hydrogen-bond acceptors (Lipinski definition) is 4. The number of ether oxygens (including phenoxy) is 1. The monoisotopic (exact) mass is 399 g/mol. The van der Waals surface area contributed by atoms with Crippen LogP contribution in [0.5, 0.6) is 5.75 Å². The summed E-state index contributed by atoms with van der Waals surface area (Å²) in [6.07, 6.45) is -2.29. The highest BCUT2D eigenvalue weighted by Crippen LogP contribution is 2.30. The molecule has 0 aliphatic rings. The predicted octanol–water partition coefficient (Wildman–Crippen LogP) is 4.93. The molecule has 0 aliphatic heterocycles. The average molecular weight is 399 g/mol. The van der Waals surface area contributed by atoms with Gasteiger partial charge in [0.25, 0.3) is 5.91 Å². The first-order valence-corrected chi connectivity index (χ1v) is 8.53. The van der Waals surface area contributed by atoms with Crippen LogP contribution in [0.3, 0.4) is 0 Å². The van der Waals surface area contributed by atoms with Gasteiger partial charge in [-0.3, -0.25) is 4.79 Å². The van der Waals surface area contributed by atoms with Crippen molar-refractivity contribution >= 4 is 17.7 Å². The van der Waals surface area contributed by atoms with Crippen molar-refractivity contribution in [3.8, 4) is 17.9 Å². The van der Waals surface area contributed by atoms with E-state index in [1.165, 1.54) is 18.2 Å². The maximum Gasteiger partial charge on any atom is 0.416 e. The van der Waals surface area contributed by atoms with Gasteiger partial charge >= 0.3 is 6.18 Å². The van der Waals surface area contributed by atoms with Gasteiger partial charge in [-0.15, -0.1) is 0 Å². The quantitative estimate of drug-likeness (QED) is 0.406. The number of benzene rings is 2. The molecule has 2 rings (SSSR count). The molecular formula is C21H16F3N3O2. The lowest BCUT2D eigenvalue weighted by Crippen LogP contribution is -2.14. The summed E-state index contributed by atoms with van der Waals surface area (Å²) < 4.78 is 43.8. The van der Waals surface area contributed by atoms with Gasteiger partial charge in [-0.05, 0) is 48.4 Å². The van der Waals surface area contributed by atoms with Crippen molar-refractivity contribution in [2.24, 2.45) is 0 Å². The van der Waals surface area contributed by atoms with Crippen molar-refractivity contribution in [3.05, 3.63) is 65.2 Å². The Labute approximate surface area is 165 Å². The second-order valence-corrected chi connectivity index (χ2v) is 5.89. The van der Waals surface area contributed by atoms with E-state index in [2.05, 4.69) is 5.32 Å². The van der Waals surface area contributed by atoms with Crippen molar-refractivity contribution < 1.29 is 22.7 Å². The van der Waals surface area contributed by atoms with E-state index in [1.807, 2.05) is 6.07 Å². The molecule has 29 heavy (non-hydrogen) atoms. The molecule has 0 saturated heterocycles. The highest BCUT2D eigenvalue weighted by atomic mass is 19.4. The van der Waals surface area contributed by atoms with E-state index in [4.69, 9.17) is 10.00 Å². The molecule has 0 fully saturated rings. The van der Waals surface area contributed by atoms with Crippen LogP contribution in [0.15, 0.2) is 54.1 Å². The van der Waals surface area contributed by atoms with Gasteiger partial charge in [-0.1, -0.05) is 18.2 Å². The molecule has 0 aromatic heterocycles. The number of carbonyl (C=O) groups is 1. The number of alkyl halides is 3. The SMILES string of the molecule is N#CCCCOc1cccc(/C=C(/C#N)C(=O)Nc2cccc(C(F)(F)F)c2)c1. The van der Waals surface area contributed by atoms with Crippen LogP contribution in [0.4, 0.5) is 18.9 Å². The number of unbranched alkanes of at least 4 members (excludes halogenated alkanes) is 1. The zero-order valence-corrected chi connectivity index (χ0v) is 15.2. The van der Waals surface area contributed by atoms with Crippen LogP contribution in [-0.2, 0) is 11.0 Å². The van der Waals surface area contributed by atoms with Gasteiger partial charge in [-0.25, -0.2) is 0 Å². The first-order chi connectivity index (χ1) is 13.8. The summed E-state index contributed by atoms with van der Waals surface area (Å²) in [6.45, 7) is 0.349. The third-order valence-electron chi connectivity index (χ3n) is 3.68. The number of nitrogens with one attached hydrogen (secondary N) is 1. The van der Waals surface area contributed by atoms with Gasteiger partial charge in [0.15, 0.2) is 0 Å². The van der Waals surface area contributed by atoms with Crippen molar-refractivity contribution in [2.45, 2.75) is 19.0 Å². The minimum Gasteiger partial charge on any atom is -0.494 e. The number of hydrogen-bond donors (Lipinski definition) is 1. The van der Waals surface area contributed by atoms with Crippen molar-refractivity contribution in [2.75, 3.05) is 11.9 Å². The third kappa shape index (κ3) is 6.71. The minimum atomic E-state index is -4.54. The molecule has 0 spiro atoms. The molecular weight excluding hydrogens is 383 g/mol. The average Bonchev–Trinajstić information content (AvgIpc) is 2.69. The Hall–Kier alpha value is -3.78. The third-order valence-corrected chi connectivity index (χ3v) is 3.68. The molecule has 0 saturated carbocycles. The summed E-state index contributed by atoms with van der Waals surface area (Å²) in [6, 6.07) is 14.5. The normalized spacial score (nSPS) is 11.3. The fourth-order valence-electron chi connectivity index (χ4n) is 2.32. The largest absolute Gasteiger partial charge is 0.494 e. The number of amides is 1. The Kier molecular flexibility index (Phi) is 7.39. The molecule has 5 nitrogen and oxygen atoms in total. The van der Waals surface area contributed by atoms with E-state index < -0.39 is 17.6 Å². The Bertz CT molecular complexity index is 986. The van der Waals surface area contributed by atoms with Crippen LogP contribution in [0.1, 0.15) is 24.0 Å². The summed E-state index contributed by atoms with van der Waals surface area (Å²) in [4.78, 5) is 12.3. The molecule has 2 aromatic carbocycles. The number of halogens is 3. The first-order valence-electron chi connectivity index (χ1n) is 8.53. The predicted molar refractivity (Wildman–Crippen MR) is 100 cm³/mol. The van der Waals surface area contributed by atoms with Crippen molar-refractivity contribution in [1.29, 1.82) is 10.5 Å². The van der Waals surface area contributed by atoms with Crippen LogP contribution in [0.25, 0.3) is 6.08 Å². The second kappa shape index (κ2) is 9.95. The number of carbonyl (C=O) groups excluding carboxylic acids is 1. The number of nitrogens with zero attached hydrogens (tertiary/aromatic N) is 2. The molecule has 1 N–H and O–H groups in total. The van der Waals surface area contributed by atoms with Crippen LogP contribution < -0.4 is 10.1 Å². The van der Waals surface area contributed by atoms with Gasteiger partial charge in [-0.2, -0.15) is 23.7 Å². The Morgan fingerprint density at radius 2 is 1.90 bits per heavy atom. The van der Waals surface area contributed by atoms with Gasteiger partial charge in [0, 0.05) is 12.1 Å². The summed E-state index contributed by atoms with van der Waals surface area (Å²) in [5.74, 6) is -0.320. The lowest BCUT2D eigenvalue weighted by atomic mass is 10.1. The number of rotatable bonds is 7. The molecule has 148 valence electrons. The van der Waals surface area contributed by atoms with Crippen LogP contribution >= 0.6 is 0 Å². The minimum absolute atomic E-state index is 0.0689. The summed E-state index contributed by atoms with van der Waals surface area (Å²) >= 11 is 0. The zero-order chi connectivity index (χ0) is 21.3.